The molecular weight excluding hydrogens is 336 g/mol. The highest BCUT2D eigenvalue weighted by atomic mass is 32.1. The van der Waals surface area contributed by atoms with Crippen molar-refractivity contribution in [3.63, 3.8) is 0 Å². The Morgan fingerprint density at radius 1 is 1.24 bits per heavy atom. The number of pyridine rings is 1. The van der Waals surface area contributed by atoms with Crippen molar-refractivity contribution in [2.75, 3.05) is 0 Å². The molecule has 1 atom stereocenters. The highest BCUT2D eigenvalue weighted by molar-refractivity contribution is 7.12. The van der Waals surface area contributed by atoms with Crippen LogP contribution in [0.2, 0.25) is 0 Å². The van der Waals surface area contributed by atoms with E-state index in [2.05, 4.69) is 15.6 Å². The number of rotatable bonds is 6. The van der Waals surface area contributed by atoms with Gasteiger partial charge >= 0.3 is 0 Å². The van der Waals surface area contributed by atoms with E-state index >= 15 is 0 Å². The Kier molecular flexibility index (Phi) is 5.14. The fourth-order valence-corrected chi connectivity index (χ4v) is 3.14. The summed E-state index contributed by atoms with van der Waals surface area (Å²) in [6, 6.07) is 8.71. The van der Waals surface area contributed by atoms with Crippen LogP contribution < -0.4 is 10.6 Å². The maximum absolute atomic E-state index is 12.5. The minimum atomic E-state index is -0.591. The minimum Gasteiger partial charge on any atom is -0.349 e. The van der Waals surface area contributed by atoms with Crippen LogP contribution in [0.1, 0.15) is 29.2 Å². The Hall–Kier alpha value is -2.67. The van der Waals surface area contributed by atoms with Gasteiger partial charge in [-0.3, -0.25) is 9.59 Å². The van der Waals surface area contributed by atoms with Gasteiger partial charge in [0.25, 0.3) is 5.91 Å². The fraction of sp³-hybridized carbons (Fsp3) is 0.278. The first-order valence-electron chi connectivity index (χ1n) is 8.09. The molecule has 0 aliphatic carbocycles. The fourth-order valence-electron chi connectivity index (χ4n) is 2.52. The van der Waals surface area contributed by atoms with Crippen LogP contribution in [0, 0.1) is 5.92 Å². The summed E-state index contributed by atoms with van der Waals surface area (Å²) in [4.78, 5) is 29.8. The second-order valence-corrected chi connectivity index (χ2v) is 7.04. The molecule has 2 N–H and O–H groups in total. The monoisotopic (exact) mass is 356 g/mol. The van der Waals surface area contributed by atoms with Crippen molar-refractivity contribution in [1.82, 2.24) is 20.0 Å². The molecule has 1 unspecified atom stereocenters. The number of imidazole rings is 1. The zero-order valence-corrected chi connectivity index (χ0v) is 14.9. The quantitative estimate of drug-likeness (QED) is 0.712. The van der Waals surface area contributed by atoms with Crippen molar-refractivity contribution in [3.8, 4) is 0 Å². The first-order chi connectivity index (χ1) is 12.0. The molecule has 3 aromatic heterocycles. The number of carbonyl (C=O) groups excluding carboxylic acids is 2. The van der Waals surface area contributed by atoms with E-state index in [0.29, 0.717) is 11.4 Å². The molecule has 25 heavy (non-hydrogen) atoms. The van der Waals surface area contributed by atoms with Crippen molar-refractivity contribution < 1.29 is 9.59 Å². The third-order valence-corrected chi connectivity index (χ3v) is 4.71. The first kappa shape index (κ1) is 17.2. The molecule has 0 aliphatic heterocycles. The third-order valence-electron chi connectivity index (χ3n) is 3.84. The molecule has 0 aliphatic rings. The number of nitrogens with zero attached hydrogens (tertiary/aromatic N) is 2. The van der Waals surface area contributed by atoms with Crippen LogP contribution in [0.25, 0.3) is 5.65 Å². The molecule has 3 heterocycles. The van der Waals surface area contributed by atoms with E-state index in [-0.39, 0.29) is 17.7 Å². The third kappa shape index (κ3) is 4.06. The van der Waals surface area contributed by atoms with Gasteiger partial charge in [-0.25, -0.2) is 4.98 Å². The highest BCUT2D eigenvalue weighted by Crippen LogP contribution is 2.11. The number of amides is 2. The molecule has 7 heteroatoms. The van der Waals surface area contributed by atoms with Crippen LogP contribution >= 0.6 is 11.3 Å². The summed E-state index contributed by atoms with van der Waals surface area (Å²) in [7, 11) is 0. The van der Waals surface area contributed by atoms with Gasteiger partial charge in [0.2, 0.25) is 5.91 Å². The molecule has 2 amide bonds. The molecule has 0 aromatic carbocycles. The van der Waals surface area contributed by atoms with Gasteiger partial charge in [0.1, 0.15) is 11.7 Å². The molecule has 130 valence electrons. The molecular formula is C18H20N4O2S. The lowest BCUT2D eigenvalue weighted by molar-refractivity contribution is -0.124. The van der Waals surface area contributed by atoms with E-state index in [1.807, 2.05) is 60.3 Å². The Morgan fingerprint density at radius 2 is 2.08 bits per heavy atom. The van der Waals surface area contributed by atoms with Crippen molar-refractivity contribution in [3.05, 3.63) is 58.7 Å². The summed E-state index contributed by atoms with van der Waals surface area (Å²) in [6.45, 7) is 4.13. The van der Waals surface area contributed by atoms with Crippen LogP contribution in [-0.2, 0) is 11.3 Å². The van der Waals surface area contributed by atoms with E-state index in [1.165, 1.54) is 11.3 Å². The molecule has 0 saturated carbocycles. The number of thiophene rings is 1. The lowest BCUT2D eigenvalue weighted by Crippen LogP contribution is -2.49. The van der Waals surface area contributed by atoms with Gasteiger partial charge in [-0.05, 0) is 29.5 Å². The van der Waals surface area contributed by atoms with Crippen molar-refractivity contribution in [2.24, 2.45) is 5.92 Å². The van der Waals surface area contributed by atoms with Crippen LogP contribution in [0.3, 0.4) is 0 Å². The lowest BCUT2D eigenvalue weighted by Gasteiger charge is -2.21. The van der Waals surface area contributed by atoms with E-state index < -0.39 is 6.04 Å². The number of hydrogen-bond acceptors (Lipinski definition) is 4. The normalized spacial score (nSPS) is 12.3. The average Bonchev–Trinajstić information content (AvgIpc) is 3.25. The molecule has 6 nitrogen and oxygen atoms in total. The molecule has 0 saturated heterocycles. The van der Waals surface area contributed by atoms with E-state index in [0.717, 1.165) is 11.3 Å². The van der Waals surface area contributed by atoms with Gasteiger partial charge in [-0.15, -0.1) is 11.3 Å². The summed E-state index contributed by atoms with van der Waals surface area (Å²) >= 11 is 1.35. The van der Waals surface area contributed by atoms with Gasteiger partial charge in [0.15, 0.2) is 0 Å². The number of fused-ring (bicyclic) bond motifs is 1. The highest BCUT2D eigenvalue weighted by Gasteiger charge is 2.24. The Bertz CT molecular complexity index is 837. The summed E-state index contributed by atoms with van der Waals surface area (Å²) < 4.78 is 1.90. The second-order valence-electron chi connectivity index (χ2n) is 6.09. The van der Waals surface area contributed by atoms with Crippen molar-refractivity contribution >= 4 is 28.8 Å². The topological polar surface area (TPSA) is 75.5 Å². The predicted molar refractivity (Wildman–Crippen MR) is 97.4 cm³/mol. The second kappa shape index (κ2) is 7.48. The summed E-state index contributed by atoms with van der Waals surface area (Å²) in [5.41, 5.74) is 1.60. The smallest absolute Gasteiger partial charge is 0.262 e. The van der Waals surface area contributed by atoms with E-state index in [4.69, 9.17) is 0 Å². The van der Waals surface area contributed by atoms with Gasteiger partial charge in [-0.1, -0.05) is 26.0 Å². The van der Waals surface area contributed by atoms with Crippen LogP contribution in [0.15, 0.2) is 48.1 Å². The maximum atomic E-state index is 12.5. The predicted octanol–water partition coefficient (Wildman–Crippen LogP) is 2.47. The molecule has 0 bridgehead atoms. The van der Waals surface area contributed by atoms with Crippen LogP contribution in [0.4, 0.5) is 0 Å². The number of nitrogens with one attached hydrogen (secondary N) is 2. The molecule has 0 spiro atoms. The first-order valence-corrected chi connectivity index (χ1v) is 8.97. The SMILES string of the molecule is CC(C)C(NC(=O)c1cccs1)C(=O)NCc1cn2ccccc2n1. The van der Waals surface area contributed by atoms with Crippen LogP contribution in [-0.4, -0.2) is 27.2 Å². The Morgan fingerprint density at radius 3 is 2.76 bits per heavy atom. The van der Waals surface area contributed by atoms with E-state index in [9.17, 15) is 9.59 Å². The number of carbonyl (C=O) groups is 2. The Labute approximate surface area is 149 Å². The van der Waals surface area contributed by atoms with Crippen molar-refractivity contribution in [2.45, 2.75) is 26.4 Å². The zero-order chi connectivity index (χ0) is 17.8. The van der Waals surface area contributed by atoms with Gasteiger partial charge in [0.05, 0.1) is 17.1 Å². The summed E-state index contributed by atoms with van der Waals surface area (Å²) in [6.07, 6.45) is 3.79. The van der Waals surface area contributed by atoms with Crippen molar-refractivity contribution in [1.29, 1.82) is 0 Å². The zero-order valence-electron chi connectivity index (χ0n) is 14.1. The van der Waals surface area contributed by atoms with E-state index in [1.54, 1.807) is 6.07 Å². The Balaban J connectivity index is 1.63. The van der Waals surface area contributed by atoms with Gasteiger partial charge in [0, 0.05) is 12.4 Å². The van der Waals surface area contributed by atoms with Crippen LogP contribution in [0.5, 0.6) is 0 Å². The molecule has 3 rings (SSSR count). The maximum Gasteiger partial charge on any atom is 0.262 e. The molecule has 0 radical (unpaired) electrons. The summed E-state index contributed by atoms with van der Waals surface area (Å²) in [5.74, 6) is -0.460. The van der Waals surface area contributed by atoms with Gasteiger partial charge < -0.3 is 15.0 Å². The molecule has 3 aromatic rings. The lowest BCUT2D eigenvalue weighted by atomic mass is 10.0. The van der Waals surface area contributed by atoms with Gasteiger partial charge in [-0.2, -0.15) is 0 Å². The number of hydrogen-bond donors (Lipinski definition) is 2. The molecule has 0 fully saturated rings. The average molecular weight is 356 g/mol. The largest absolute Gasteiger partial charge is 0.349 e. The summed E-state index contributed by atoms with van der Waals surface area (Å²) in [5, 5.41) is 7.52. The number of aromatic nitrogens is 2. The standard InChI is InChI=1S/C18H20N4O2S/c1-12(2)16(21-17(23)14-6-5-9-25-14)18(24)19-10-13-11-22-8-4-3-7-15(22)20-13/h3-9,11-12,16H,10H2,1-2H3,(H,19,24)(H,21,23). The minimum absolute atomic E-state index is 0.0232.